The van der Waals surface area contributed by atoms with Gasteiger partial charge in [-0.15, -0.1) is 0 Å². The molecular weight excluding hydrogens is 244 g/mol. The van der Waals surface area contributed by atoms with Crippen LogP contribution in [-0.4, -0.2) is 12.1 Å². The number of anilines is 2. The van der Waals surface area contributed by atoms with Crippen LogP contribution in [0, 0.1) is 0 Å². The molecule has 0 radical (unpaired) electrons. The van der Waals surface area contributed by atoms with Gasteiger partial charge in [-0.05, 0) is 23.3 Å². The monoisotopic (exact) mass is 260 g/mol. The molecule has 0 spiro atoms. The third-order valence-electron chi connectivity index (χ3n) is 3.92. The van der Waals surface area contributed by atoms with E-state index < -0.39 is 0 Å². The molecule has 20 heavy (non-hydrogen) atoms. The van der Waals surface area contributed by atoms with Crippen molar-refractivity contribution in [1.82, 2.24) is 0 Å². The minimum atomic E-state index is 0.273. The maximum atomic E-state index is 3.60. The van der Waals surface area contributed by atoms with Crippen LogP contribution in [0.4, 0.5) is 11.4 Å². The van der Waals surface area contributed by atoms with Gasteiger partial charge in [-0.1, -0.05) is 60.7 Å². The van der Waals surface area contributed by atoms with Crippen LogP contribution in [0.2, 0.25) is 0 Å². The van der Waals surface area contributed by atoms with E-state index in [4.69, 9.17) is 0 Å². The number of hydrogen-bond donors (Lipinski definition) is 2. The standard InChI is InChI=1S/C18H16N2/c1-3-7-15-13(5-1)9-11-17(19-15)18-12-10-14-6-2-4-8-16(14)20-18/h1-12,17-20H. The first kappa shape index (κ1) is 11.4. The Morgan fingerprint density at radius 1 is 0.600 bits per heavy atom. The van der Waals surface area contributed by atoms with Crippen LogP contribution in [0.25, 0.3) is 12.2 Å². The van der Waals surface area contributed by atoms with Crippen molar-refractivity contribution < 1.29 is 0 Å². The summed E-state index contributed by atoms with van der Waals surface area (Å²) in [4.78, 5) is 0. The maximum Gasteiger partial charge on any atom is 0.0685 e. The minimum Gasteiger partial charge on any atom is -0.376 e. The molecule has 2 aliphatic heterocycles. The molecule has 0 saturated heterocycles. The van der Waals surface area contributed by atoms with Crippen molar-refractivity contribution in [2.75, 3.05) is 10.6 Å². The van der Waals surface area contributed by atoms with Crippen LogP contribution in [0.3, 0.4) is 0 Å². The first-order chi connectivity index (χ1) is 9.90. The van der Waals surface area contributed by atoms with Crippen molar-refractivity contribution in [3.8, 4) is 0 Å². The summed E-state index contributed by atoms with van der Waals surface area (Å²) in [5.74, 6) is 0. The molecule has 2 heteroatoms. The second kappa shape index (κ2) is 4.57. The number of benzene rings is 2. The molecule has 0 bridgehead atoms. The molecule has 0 aliphatic carbocycles. The Balaban J connectivity index is 1.60. The summed E-state index contributed by atoms with van der Waals surface area (Å²) in [6, 6.07) is 17.4. The highest BCUT2D eigenvalue weighted by molar-refractivity contribution is 5.74. The van der Waals surface area contributed by atoms with E-state index in [1.165, 1.54) is 22.5 Å². The minimum absolute atomic E-state index is 0.273. The van der Waals surface area contributed by atoms with Gasteiger partial charge in [-0.2, -0.15) is 0 Å². The van der Waals surface area contributed by atoms with E-state index >= 15 is 0 Å². The number of fused-ring (bicyclic) bond motifs is 2. The molecule has 2 heterocycles. The topological polar surface area (TPSA) is 24.1 Å². The van der Waals surface area contributed by atoms with E-state index in [0.29, 0.717) is 0 Å². The van der Waals surface area contributed by atoms with Crippen LogP contribution >= 0.6 is 0 Å². The smallest absolute Gasteiger partial charge is 0.0685 e. The molecule has 98 valence electrons. The SMILES string of the molecule is C1=CC(C2C=Cc3ccccc3N2)Nc2ccccc21. The summed E-state index contributed by atoms with van der Waals surface area (Å²) in [5, 5.41) is 7.19. The van der Waals surface area contributed by atoms with Crippen molar-refractivity contribution >= 4 is 23.5 Å². The van der Waals surface area contributed by atoms with E-state index in [1.54, 1.807) is 0 Å². The predicted octanol–water partition coefficient (Wildman–Crippen LogP) is 4.00. The van der Waals surface area contributed by atoms with Crippen LogP contribution < -0.4 is 10.6 Å². The van der Waals surface area contributed by atoms with Gasteiger partial charge in [-0.25, -0.2) is 0 Å². The van der Waals surface area contributed by atoms with Gasteiger partial charge >= 0.3 is 0 Å². The molecule has 2 aliphatic rings. The quantitative estimate of drug-likeness (QED) is 0.809. The van der Waals surface area contributed by atoms with Crippen LogP contribution in [0.5, 0.6) is 0 Å². The average Bonchev–Trinajstić information content (AvgIpc) is 2.54. The van der Waals surface area contributed by atoms with Gasteiger partial charge in [0, 0.05) is 11.4 Å². The zero-order valence-corrected chi connectivity index (χ0v) is 11.1. The lowest BCUT2D eigenvalue weighted by molar-refractivity contribution is 0.786. The Kier molecular flexibility index (Phi) is 2.59. The molecule has 2 unspecified atom stereocenters. The zero-order chi connectivity index (χ0) is 13.4. The summed E-state index contributed by atoms with van der Waals surface area (Å²) in [6.45, 7) is 0. The Hall–Kier alpha value is -2.48. The highest BCUT2D eigenvalue weighted by Crippen LogP contribution is 2.28. The fraction of sp³-hybridized carbons (Fsp3) is 0.111. The van der Waals surface area contributed by atoms with Crippen LogP contribution in [0.15, 0.2) is 60.7 Å². The molecule has 4 rings (SSSR count). The van der Waals surface area contributed by atoms with Crippen LogP contribution in [0.1, 0.15) is 11.1 Å². The molecule has 0 fully saturated rings. The fourth-order valence-electron chi connectivity index (χ4n) is 2.84. The molecule has 0 amide bonds. The Morgan fingerprint density at radius 2 is 1.05 bits per heavy atom. The van der Waals surface area contributed by atoms with E-state index in [0.717, 1.165) is 0 Å². The third kappa shape index (κ3) is 1.90. The number of rotatable bonds is 1. The molecule has 2 nitrogen and oxygen atoms in total. The van der Waals surface area contributed by atoms with Gasteiger partial charge in [0.15, 0.2) is 0 Å². The molecule has 2 N–H and O–H groups in total. The summed E-state index contributed by atoms with van der Waals surface area (Å²) in [7, 11) is 0. The van der Waals surface area contributed by atoms with Gasteiger partial charge < -0.3 is 10.6 Å². The van der Waals surface area contributed by atoms with Crippen molar-refractivity contribution in [3.63, 3.8) is 0 Å². The van der Waals surface area contributed by atoms with Crippen molar-refractivity contribution in [3.05, 3.63) is 71.8 Å². The van der Waals surface area contributed by atoms with E-state index in [9.17, 15) is 0 Å². The fourth-order valence-corrected chi connectivity index (χ4v) is 2.84. The number of hydrogen-bond acceptors (Lipinski definition) is 2. The summed E-state index contributed by atoms with van der Waals surface area (Å²) in [5.41, 5.74) is 4.91. The van der Waals surface area contributed by atoms with Gasteiger partial charge in [-0.3, -0.25) is 0 Å². The lowest BCUT2D eigenvalue weighted by Crippen LogP contribution is -2.38. The first-order valence-electron chi connectivity index (χ1n) is 6.98. The average molecular weight is 260 g/mol. The second-order valence-electron chi connectivity index (χ2n) is 5.23. The maximum absolute atomic E-state index is 3.60. The molecule has 2 aromatic rings. The summed E-state index contributed by atoms with van der Waals surface area (Å²) >= 11 is 0. The second-order valence-corrected chi connectivity index (χ2v) is 5.23. The Morgan fingerprint density at radius 3 is 1.55 bits per heavy atom. The lowest BCUT2D eigenvalue weighted by Gasteiger charge is -2.31. The normalized spacial score (nSPS) is 22.4. The van der Waals surface area contributed by atoms with Crippen molar-refractivity contribution in [2.24, 2.45) is 0 Å². The van der Waals surface area contributed by atoms with E-state index in [2.05, 4.69) is 83.5 Å². The summed E-state index contributed by atoms with van der Waals surface area (Å²) < 4.78 is 0. The Labute approximate surface area is 118 Å². The zero-order valence-electron chi connectivity index (χ0n) is 11.1. The van der Waals surface area contributed by atoms with Crippen molar-refractivity contribution in [1.29, 1.82) is 0 Å². The highest BCUT2D eigenvalue weighted by Gasteiger charge is 2.22. The largest absolute Gasteiger partial charge is 0.376 e. The van der Waals surface area contributed by atoms with Gasteiger partial charge in [0.1, 0.15) is 0 Å². The lowest BCUT2D eigenvalue weighted by atomic mass is 9.96. The van der Waals surface area contributed by atoms with Gasteiger partial charge in [0.05, 0.1) is 12.1 Å². The first-order valence-corrected chi connectivity index (χ1v) is 6.98. The van der Waals surface area contributed by atoms with Crippen LogP contribution in [-0.2, 0) is 0 Å². The molecular formula is C18H16N2. The van der Waals surface area contributed by atoms with Gasteiger partial charge in [0.2, 0.25) is 0 Å². The summed E-state index contributed by atoms with van der Waals surface area (Å²) in [6.07, 6.45) is 8.87. The predicted molar refractivity (Wildman–Crippen MR) is 85.8 cm³/mol. The van der Waals surface area contributed by atoms with E-state index in [1.807, 2.05) is 0 Å². The van der Waals surface area contributed by atoms with Gasteiger partial charge in [0.25, 0.3) is 0 Å². The molecule has 2 aromatic carbocycles. The molecule has 2 atom stereocenters. The Bertz CT molecular complexity index is 639. The third-order valence-corrected chi connectivity index (χ3v) is 3.92. The number of nitrogens with one attached hydrogen (secondary N) is 2. The highest BCUT2D eigenvalue weighted by atomic mass is 15.0. The molecule has 0 saturated carbocycles. The van der Waals surface area contributed by atoms with E-state index in [-0.39, 0.29) is 12.1 Å². The van der Waals surface area contributed by atoms with Crippen molar-refractivity contribution in [2.45, 2.75) is 12.1 Å². The number of para-hydroxylation sites is 2. The molecule has 0 aromatic heterocycles.